The molecule has 2 aromatic rings. The average molecular weight is 340 g/mol. The minimum absolute atomic E-state index is 0.158. The molecule has 1 aliphatic rings. The fraction of sp³-hybridized carbons (Fsp3) is 0.222. The van der Waals surface area contributed by atoms with Crippen molar-refractivity contribution in [1.82, 2.24) is 21.5 Å². The minimum atomic E-state index is -0.780. The fourth-order valence-corrected chi connectivity index (χ4v) is 2.53. The molecule has 25 heavy (non-hydrogen) atoms. The molecule has 1 aromatic carbocycles. The molecule has 1 aliphatic heterocycles. The van der Waals surface area contributed by atoms with Gasteiger partial charge in [0.2, 0.25) is 11.8 Å². The maximum atomic E-state index is 12.6. The zero-order chi connectivity index (χ0) is 17.5. The van der Waals surface area contributed by atoms with Crippen LogP contribution in [0.4, 0.5) is 0 Å². The van der Waals surface area contributed by atoms with Crippen molar-refractivity contribution in [2.75, 3.05) is 6.54 Å². The summed E-state index contributed by atoms with van der Waals surface area (Å²) in [4.78, 5) is 24.8. The first-order valence-corrected chi connectivity index (χ1v) is 8.08. The van der Waals surface area contributed by atoms with Crippen LogP contribution >= 0.6 is 0 Å². The lowest BCUT2D eigenvalue weighted by Crippen LogP contribution is -2.48. The van der Waals surface area contributed by atoms with Gasteiger partial charge in [-0.25, -0.2) is 5.43 Å². The van der Waals surface area contributed by atoms with Crippen LogP contribution in [0.2, 0.25) is 0 Å². The Bertz CT molecular complexity index is 722. The molecule has 2 amide bonds. The Balaban J connectivity index is 1.69. The predicted molar refractivity (Wildman–Crippen MR) is 92.8 cm³/mol. The molecule has 2 heterocycles. The molecule has 2 unspecified atom stereocenters. The van der Waals surface area contributed by atoms with Crippen LogP contribution in [0, 0.1) is 0 Å². The molecule has 0 radical (unpaired) electrons. The Morgan fingerprint density at radius 2 is 2.04 bits per heavy atom. The van der Waals surface area contributed by atoms with E-state index in [1.807, 2.05) is 18.2 Å². The molecule has 1 aromatic heterocycles. The predicted octanol–water partition coefficient (Wildman–Crippen LogP) is 1.09. The summed E-state index contributed by atoms with van der Waals surface area (Å²) < 4.78 is 5.15. The van der Waals surface area contributed by atoms with Gasteiger partial charge in [0.25, 0.3) is 0 Å². The van der Waals surface area contributed by atoms with Crippen LogP contribution in [0.25, 0.3) is 6.08 Å². The number of nitrogens with one attached hydrogen (secondary N) is 4. The monoisotopic (exact) mass is 340 g/mol. The van der Waals surface area contributed by atoms with Crippen LogP contribution in [0.3, 0.4) is 0 Å². The standard InChI is InChI=1S/C18H20N4O3/c23-16(9-8-14-7-4-12-25-14)21-17(13-5-2-1-3-6-13)18(24)20-15-10-11-19-22-15/h1-9,12,15,17,19,22H,10-11H2,(H,20,24)(H,21,23)/b9-8+. The molecule has 4 N–H and O–H groups in total. The second kappa shape index (κ2) is 8.27. The normalized spacial score (nSPS) is 18.2. The van der Waals surface area contributed by atoms with Crippen LogP contribution in [-0.2, 0) is 9.59 Å². The Hall–Kier alpha value is -2.90. The number of rotatable bonds is 6. The average Bonchev–Trinajstić information content (AvgIpc) is 3.32. The van der Waals surface area contributed by atoms with Crippen molar-refractivity contribution in [3.8, 4) is 0 Å². The van der Waals surface area contributed by atoms with Crippen molar-refractivity contribution >= 4 is 17.9 Å². The van der Waals surface area contributed by atoms with Gasteiger partial charge in [0, 0.05) is 12.6 Å². The van der Waals surface area contributed by atoms with E-state index in [2.05, 4.69) is 21.5 Å². The van der Waals surface area contributed by atoms with E-state index in [1.54, 1.807) is 30.3 Å². The SMILES string of the molecule is O=C(/C=C/c1ccco1)NC(C(=O)NC1CCNN1)c1ccccc1. The van der Waals surface area contributed by atoms with Gasteiger partial charge in [-0.15, -0.1) is 0 Å². The highest BCUT2D eigenvalue weighted by atomic mass is 16.3. The fourth-order valence-electron chi connectivity index (χ4n) is 2.53. The van der Waals surface area contributed by atoms with Crippen molar-refractivity contribution in [3.63, 3.8) is 0 Å². The smallest absolute Gasteiger partial charge is 0.248 e. The molecule has 7 heteroatoms. The van der Waals surface area contributed by atoms with Gasteiger partial charge >= 0.3 is 0 Å². The Kier molecular flexibility index (Phi) is 5.61. The van der Waals surface area contributed by atoms with E-state index in [0.717, 1.165) is 13.0 Å². The first kappa shape index (κ1) is 16.9. The first-order valence-electron chi connectivity index (χ1n) is 8.08. The summed E-state index contributed by atoms with van der Waals surface area (Å²) in [5, 5.41) is 5.62. The molecule has 0 bridgehead atoms. The van der Waals surface area contributed by atoms with Gasteiger partial charge in [0.1, 0.15) is 11.8 Å². The third kappa shape index (κ3) is 4.79. The zero-order valence-corrected chi connectivity index (χ0v) is 13.6. The van der Waals surface area contributed by atoms with Crippen LogP contribution in [0.1, 0.15) is 23.8 Å². The molecule has 7 nitrogen and oxygen atoms in total. The van der Waals surface area contributed by atoms with Crippen molar-refractivity contribution in [3.05, 3.63) is 66.1 Å². The number of carbonyl (C=O) groups excluding carboxylic acids is 2. The Morgan fingerprint density at radius 1 is 1.20 bits per heavy atom. The summed E-state index contributed by atoms with van der Waals surface area (Å²) in [5.74, 6) is -0.0813. The lowest BCUT2D eigenvalue weighted by atomic mass is 10.1. The molecule has 2 atom stereocenters. The molecular weight excluding hydrogens is 320 g/mol. The summed E-state index contributed by atoms with van der Waals surface area (Å²) in [6.45, 7) is 0.777. The quantitative estimate of drug-likeness (QED) is 0.591. The van der Waals surface area contributed by atoms with Crippen LogP contribution in [0.5, 0.6) is 0 Å². The molecule has 0 aliphatic carbocycles. The molecular formula is C18H20N4O3. The van der Waals surface area contributed by atoms with Crippen molar-refractivity contribution in [2.24, 2.45) is 0 Å². The first-order chi connectivity index (χ1) is 12.2. The molecule has 130 valence electrons. The van der Waals surface area contributed by atoms with E-state index in [9.17, 15) is 9.59 Å². The molecule has 1 fully saturated rings. The van der Waals surface area contributed by atoms with Gasteiger partial charge in [0.05, 0.1) is 12.4 Å². The van der Waals surface area contributed by atoms with Crippen molar-refractivity contribution in [1.29, 1.82) is 0 Å². The number of hydrogen-bond donors (Lipinski definition) is 4. The summed E-state index contributed by atoms with van der Waals surface area (Å²) in [5.41, 5.74) is 6.64. The summed E-state index contributed by atoms with van der Waals surface area (Å²) in [6, 6.07) is 11.8. The number of hydrogen-bond acceptors (Lipinski definition) is 5. The maximum absolute atomic E-state index is 12.6. The van der Waals surface area contributed by atoms with Gasteiger partial charge in [-0.2, -0.15) is 0 Å². The second-order valence-corrected chi connectivity index (χ2v) is 5.62. The Labute approximate surface area is 145 Å². The summed E-state index contributed by atoms with van der Waals surface area (Å²) in [7, 11) is 0. The highest BCUT2D eigenvalue weighted by molar-refractivity contribution is 5.95. The highest BCUT2D eigenvalue weighted by Gasteiger charge is 2.25. The topological polar surface area (TPSA) is 95.4 Å². The maximum Gasteiger partial charge on any atom is 0.248 e. The summed E-state index contributed by atoms with van der Waals surface area (Å²) >= 11 is 0. The second-order valence-electron chi connectivity index (χ2n) is 5.62. The van der Waals surface area contributed by atoms with Crippen LogP contribution in [-0.4, -0.2) is 24.5 Å². The third-order valence-electron chi connectivity index (χ3n) is 3.77. The van der Waals surface area contributed by atoms with Gasteiger partial charge in [-0.05, 0) is 30.2 Å². The van der Waals surface area contributed by atoms with E-state index in [0.29, 0.717) is 11.3 Å². The van der Waals surface area contributed by atoms with E-state index in [1.165, 1.54) is 12.3 Å². The van der Waals surface area contributed by atoms with Crippen molar-refractivity contribution < 1.29 is 14.0 Å². The van der Waals surface area contributed by atoms with Crippen LogP contribution in [0.15, 0.2) is 59.2 Å². The van der Waals surface area contributed by atoms with E-state index < -0.39 is 6.04 Å². The minimum Gasteiger partial charge on any atom is -0.465 e. The lowest BCUT2D eigenvalue weighted by Gasteiger charge is -2.20. The zero-order valence-electron chi connectivity index (χ0n) is 13.6. The van der Waals surface area contributed by atoms with Gasteiger partial charge < -0.3 is 15.1 Å². The van der Waals surface area contributed by atoms with Gasteiger partial charge in [-0.1, -0.05) is 30.3 Å². The molecule has 0 saturated carbocycles. The largest absolute Gasteiger partial charge is 0.465 e. The number of amides is 2. The third-order valence-corrected chi connectivity index (χ3v) is 3.77. The van der Waals surface area contributed by atoms with Crippen LogP contribution < -0.4 is 21.5 Å². The lowest BCUT2D eigenvalue weighted by molar-refractivity contribution is -0.127. The highest BCUT2D eigenvalue weighted by Crippen LogP contribution is 2.14. The number of carbonyl (C=O) groups is 2. The van der Waals surface area contributed by atoms with Gasteiger partial charge in [0.15, 0.2) is 0 Å². The number of benzene rings is 1. The number of hydrazine groups is 1. The van der Waals surface area contributed by atoms with Gasteiger partial charge in [-0.3, -0.25) is 15.0 Å². The molecule has 1 saturated heterocycles. The molecule has 0 spiro atoms. The summed E-state index contributed by atoms with van der Waals surface area (Å²) in [6.07, 6.45) is 5.05. The Morgan fingerprint density at radius 3 is 2.72 bits per heavy atom. The van der Waals surface area contributed by atoms with E-state index in [-0.39, 0.29) is 18.0 Å². The van der Waals surface area contributed by atoms with Crippen molar-refractivity contribution in [2.45, 2.75) is 18.6 Å². The van der Waals surface area contributed by atoms with E-state index in [4.69, 9.17) is 4.42 Å². The molecule has 3 rings (SSSR count). The van der Waals surface area contributed by atoms with E-state index >= 15 is 0 Å². The number of furan rings is 1.